The molecule has 20 heavy (non-hydrogen) atoms. The molecule has 0 aliphatic heterocycles. The molecule has 4 heteroatoms. The molecule has 1 aromatic rings. The summed E-state index contributed by atoms with van der Waals surface area (Å²) in [4.78, 5) is 14.4. The van der Waals surface area contributed by atoms with E-state index in [1.807, 2.05) is 26.1 Å². The van der Waals surface area contributed by atoms with Crippen molar-refractivity contribution in [2.45, 2.75) is 46.2 Å². The van der Waals surface area contributed by atoms with Crippen LogP contribution in [-0.2, 0) is 4.79 Å². The van der Waals surface area contributed by atoms with Crippen LogP contribution < -0.4 is 11.1 Å². The van der Waals surface area contributed by atoms with Crippen molar-refractivity contribution in [1.29, 1.82) is 0 Å². The van der Waals surface area contributed by atoms with Gasteiger partial charge in [0, 0.05) is 17.4 Å². The summed E-state index contributed by atoms with van der Waals surface area (Å²) in [5, 5.41) is 2.91. The van der Waals surface area contributed by atoms with Crippen LogP contribution in [0.15, 0.2) is 24.3 Å². The van der Waals surface area contributed by atoms with E-state index in [1.165, 1.54) is 0 Å². The number of nitrogen functional groups attached to an aromatic ring is 1. The number of nitrogens with zero attached hydrogens (tertiary/aromatic N) is 1. The molecule has 3 N–H and O–H groups in total. The highest BCUT2D eigenvalue weighted by Gasteiger charge is 2.22. The zero-order valence-electron chi connectivity index (χ0n) is 13.2. The Morgan fingerprint density at radius 3 is 2.50 bits per heavy atom. The van der Waals surface area contributed by atoms with Gasteiger partial charge in [0.15, 0.2) is 0 Å². The van der Waals surface area contributed by atoms with Crippen molar-refractivity contribution in [2.75, 3.05) is 18.1 Å². The van der Waals surface area contributed by atoms with Gasteiger partial charge < -0.3 is 11.1 Å². The molecular formula is C16H27N3O. The molecule has 0 aromatic heterocycles. The highest BCUT2D eigenvalue weighted by molar-refractivity contribution is 5.94. The Hall–Kier alpha value is -1.55. The lowest BCUT2D eigenvalue weighted by Gasteiger charge is -2.31. The van der Waals surface area contributed by atoms with Gasteiger partial charge in [-0.25, -0.2) is 0 Å². The Kier molecular flexibility index (Phi) is 6.02. The summed E-state index contributed by atoms with van der Waals surface area (Å²) in [5.74, 6) is 0.616. The number of hydrogen-bond donors (Lipinski definition) is 2. The first-order valence-electron chi connectivity index (χ1n) is 7.19. The van der Waals surface area contributed by atoms with E-state index in [0.29, 0.717) is 17.6 Å². The fourth-order valence-electron chi connectivity index (χ4n) is 2.28. The lowest BCUT2D eigenvalue weighted by Crippen LogP contribution is -2.44. The summed E-state index contributed by atoms with van der Waals surface area (Å²) >= 11 is 0. The van der Waals surface area contributed by atoms with Gasteiger partial charge in [0.2, 0.25) is 5.91 Å². The maximum absolute atomic E-state index is 12.3. The summed E-state index contributed by atoms with van der Waals surface area (Å²) in [6.45, 7) is 8.48. The Morgan fingerprint density at radius 1 is 1.30 bits per heavy atom. The molecular weight excluding hydrogens is 250 g/mol. The van der Waals surface area contributed by atoms with Crippen molar-refractivity contribution < 1.29 is 4.79 Å². The van der Waals surface area contributed by atoms with Crippen LogP contribution in [0.2, 0.25) is 0 Å². The van der Waals surface area contributed by atoms with Crippen LogP contribution in [0.5, 0.6) is 0 Å². The van der Waals surface area contributed by atoms with E-state index >= 15 is 0 Å². The summed E-state index contributed by atoms with van der Waals surface area (Å²) in [6, 6.07) is 7.44. The number of amides is 1. The average molecular weight is 277 g/mol. The van der Waals surface area contributed by atoms with E-state index < -0.39 is 0 Å². The quantitative estimate of drug-likeness (QED) is 0.786. The predicted molar refractivity (Wildman–Crippen MR) is 85.6 cm³/mol. The SMILES string of the molecule is CC(C)CC(C)N(C)C(C)C(=O)Nc1cccc(N)c1. The molecule has 1 aromatic carbocycles. The molecule has 4 nitrogen and oxygen atoms in total. The Morgan fingerprint density at radius 2 is 1.95 bits per heavy atom. The average Bonchev–Trinajstić information content (AvgIpc) is 2.36. The van der Waals surface area contributed by atoms with Crippen molar-refractivity contribution in [3.8, 4) is 0 Å². The molecule has 2 unspecified atom stereocenters. The Labute approximate surface area is 122 Å². The number of benzene rings is 1. The van der Waals surface area contributed by atoms with E-state index in [1.54, 1.807) is 12.1 Å². The maximum Gasteiger partial charge on any atom is 0.241 e. The van der Waals surface area contributed by atoms with Gasteiger partial charge in [0.25, 0.3) is 0 Å². The van der Waals surface area contributed by atoms with E-state index in [4.69, 9.17) is 5.73 Å². The molecule has 112 valence electrons. The number of anilines is 2. The van der Waals surface area contributed by atoms with E-state index in [-0.39, 0.29) is 11.9 Å². The highest BCUT2D eigenvalue weighted by atomic mass is 16.2. The summed E-state index contributed by atoms with van der Waals surface area (Å²) in [6.07, 6.45) is 1.08. The number of likely N-dealkylation sites (N-methyl/N-ethyl adjacent to an activating group) is 1. The predicted octanol–water partition coefficient (Wildman–Crippen LogP) is 2.96. The fourth-order valence-corrected chi connectivity index (χ4v) is 2.28. The third-order valence-electron chi connectivity index (χ3n) is 3.65. The monoisotopic (exact) mass is 277 g/mol. The molecule has 2 atom stereocenters. The van der Waals surface area contributed by atoms with Gasteiger partial charge in [-0.3, -0.25) is 9.69 Å². The van der Waals surface area contributed by atoms with E-state index in [2.05, 4.69) is 31.0 Å². The van der Waals surface area contributed by atoms with Crippen molar-refractivity contribution in [3.63, 3.8) is 0 Å². The molecule has 0 spiro atoms. The van der Waals surface area contributed by atoms with Gasteiger partial charge in [0.05, 0.1) is 6.04 Å². The molecule has 1 rings (SSSR count). The zero-order chi connectivity index (χ0) is 15.3. The number of rotatable bonds is 6. The van der Waals surface area contributed by atoms with Crippen LogP contribution in [-0.4, -0.2) is 29.9 Å². The van der Waals surface area contributed by atoms with Crippen molar-refractivity contribution in [1.82, 2.24) is 4.90 Å². The Bertz CT molecular complexity index is 445. The van der Waals surface area contributed by atoms with Crippen molar-refractivity contribution in [3.05, 3.63) is 24.3 Å². The minimum atomic E-state index is -0.176. The van der Waals surface area contributed by atoms with Crippen LogP contribution in [0, 0.1) is 5.92 Å². The number of nitrogens with one attached hydrogen (secondary N) is 1. The van der Waals surface area contributed by atoms with Crippen LogP contribution in [0.25, 0.3) is 0 Å². The second kappa shape index (κ2) is 7.29. The fraction of sp³-hybridized carbons (Fsp3) is 0.562. The largest absolute Gasteiger partial charge is 0.399 e. The van der Waals surface area contributed by atoms with Gasteiger partial charge in [-0.1, -0.05) is 19.9 Å². The maximum atomic E-state index is 12.3. The van der Waals surface area contributed by atoms with Gasteiger partial charge in [-0.2, -0.15) is 0 Å². The van der Waals surface area contributed by atoms with E-state index in [0.717, 1.165) is 12.1 Å². The van der Waals surface area contributed by atoms with Crippen molar-refractivity contribution in [2.24, 2.45) is 5.92 Å². The van der Waals surface area contributed by atoms with Crippen LogP contribution >= 0.6 is 0 Å². The van der Waals surface area contributed by atoms with Gasteiger partial charge in [-0.15, -0.1) is 0 Å². The zero-order valence-corrected chi connectivity index (χ0v) is 13.2. The third-order valence-corrected chi connectivity index (χ3v) is 3.65. The van der Waals surface area contributed by atoms with E-state index in [9.17, 15) is 4.79 Å². The smallest absolute Gasteiger partial charge is 0.241 e. The minimum Gasteiger partial charge on any atom is -0.399 e. The first kappa shape index (κ1) is 16.5. The molecule has 0 saturated heterocycles. The topological polar surface area (TPSA) is 58.4 Å². The van der Waals surface area contributed by atoms with Gasteiger partial charge in [-0.05, 0) is 51.4 Å². The molecule has 0 bridgehead atoms. The number of carbonyl (C=O) groups excluding carboxylic acids is 1. The standard InChI is InChI=1S/C16H27N3O/c1-11(2)9-12(3)19(5)13(4)16(20)18-15-8-6-7-14(17)10-15/h6-8,10-13H,9,17H2,1-5H3,(H,18,20). The number of nitrogens with two attached hydrogens (primary N) is 1. The second-order valence-electron chi connectivity index (χ2n) is 5.93. The van der Waals surface area contributed by atoms with Gasteiger partial charge in [0.1, 0.15) is 0 Å². The molecule has 0 radical (unpaired) electrons. The molecule has 0 aliphatic carbocycles. The minimum absolute atomic E-state index is 0.00583. The molecule has 0 saturated carbocycles. The normalized spacial score (nSPS) is 14.3. The Balaban J connectivity index is 2.62. The summed E-state index contributed by atoms with van der Waals surface area (Å²) in [5.41, 5.74) is 7.10. The third kappa shape index (κ3) is 4.85. The lowest BCUT2D eigenvalue weighted by atomic mass is 10.0. The van der Waals surface area contributed by atoms with Crippen LogP contribution in [0.3, 0.4) is 0 Å². The first-order chi connectivity index (χ1) is 9.31. The lowest BCUT2D eigenvalue weighted by molar-refractivity contribution is -0.121. The van der Waals surface area contributed by atoms with Crippen LogP contribution in [0.4, 0.5) is 11.4 Å². The number of carbonyl (C=O) groups is 1. The van der Waals surface area contributed by atoms with Crippen molar-refractivity contribution >= 4 is 17.3 Å². The number of hydrogen-bond acceptors (Lipinski definition) is 3. The van der Waals surface area contributed by atoms with Crippen LogP contribution in [0.1, 0.15) is 34.1 Å². The first-order valence-corrected chi connectivity index (χ1v) is 7.19. The summed E-state index contributed by atoms with van der Waals surface area (Å²) in [7, 11) is 2.00. The molecule has 1 amide bonds. The molecule has 0 aliphatic rings. The summed E-state index contributed by atoms with van der Waals surface area (Å²) < 4.78 is 0. The van der Waals surface area contributed by atoms with Gasteiger partial charge >= 0.3 is 0 Å². The second-order valence-corrected chi connectivity index (χ2v) is 5.93. The highest BCUT2D eigenvalue weighted by Crippen LogP contribution is 2.15. The molecule has 0 fully saturated rings. The molecule has 0 heterocycles.